The normalized spacial score (nSPS) is 28.9. The minimum atomic E-state index is -4.43. The van der Waals surface area contributed by atoms with Crippen LogP contribution < -0.4 is 16.4 Å². The molecule has 1 unspecified atom stereocenters. The number of carbonyl (C=O) groups excluding carboxylic acids is 1. The minimum Gasteiger partial charge on any atom is -0.447 e. The summed E-state index contributed by atoms with van der Waals surface area (Å²) >= 11 is 0. The quantitative estimate of drug-likeness (QED) is 0.626. The first-order chi connectivity index (χ1) is 15.4. The second-order valence-electron chi connectivity index (χ2n) is 8.42. The molecule has 0 bridgehead atoms. The predicted octanol–water partition coefficient (Wildman–Crippen LogP) is 4.15. The number of fused-ring (bicyclic) bond motifs is 3. The highest BCUT2D eigenvalue weighted by molar-refractivity contribution is 5.67. The Morgan fingerprint density at radius 1 is 1.28 bits per heavy atom. The van der Waals surface area contributed by atoms with Crippen molar-refractivity contribution in [3.63, 3.8) is 0 Å². The van der Waals surface area contributed by atoms with Gasteiger partial charge in [-0.05, 0) is 37.5 Å². The number of hydrogen-bond acceptors (Lipinski definition) is 5. The Morgan fingerprint density at radius 2 is 2.12 bits per heavy atom. The molecule has 1 fully saturated rings. The average Bonchev–Trinajstić information content (AvgIpc) is 2.80. The fraction of sp³-hybridized carbons (Fsp3) is 0.522. The molecule has 6 nitrogen and oxygen atoms in total. The van der Waals surface area contributed by atoms with Crippen molar-refractivity contribution in [1.82, 2.24) is 5.32 Å². The lowest BCUT2D eigenvalue weighted by atomic mass is 9.73. The first-order valence-electron chi connectivity index (χ1n) is 10.9. The van der Waals surface area contributed by atoms with Crippen LogP contribution in [-0.4, -0.2) is 37.9 Å². The summed E-state index contributed by atoms with van der Waals surface area (Å²) in [5, 5.41) is 6.02. The van der Waals surface area contributed by atoms with E-state index in [1.807, 2.05) is 12.2 Å². The van der Waals surface area contributed by atoms with E-state index in [-0.39, 0.29) is 30.6 Å². The Kier molecular flexibility index (Phi) is 6.76. The fourth-order valence-corrected chi connectivity index (χ4v) is 4.78. The van der Waals surface area contributed by atoms with Crippen molar-refractivity contribution in [3.8, 4) is 0 Å². The van der Waals surface area contributed by atoms with Crippen molar-refractivity contribution in [2.45, 2.75) is 43.7 Å². The van der Waals surface area contributed by atoms with Crippen LogP contribution in [0.2, 0.25) is 0 Å². The number of anilines is 1. The predicted molar refractivity (Wildman–Crippen MR) is 114 cm³/mol. The molecule has 0 aromatic heterocycles. The van der Waals surface area contributed by atoms with Crippen molar-refractivity contribution in [2.75, 3.05) is 25.0 Å². The van der Waals surface area contributed by atoms with Gasteiger partial charge in [0.25, 0.3) is 0 Å². The van der Waals surface area contributed by atoms with Crippen molar-refractivity contribution < 1.29 is 27.4 Å². The molecule has 0 radical (unpaired) electrons. The van der Waals surface area contributed by atoms with Crippen LogP contribution >= 0.6 is 0 Å². The molecule has 174 valence electrons. The standard InChI is InChI=1S/C23H28F3N3O3/c24-23(25,26)15-6-9-19-18(12-15)21-17(20(29-19)14-4-2-1-3-5-14)8-7-16(32-21)13-31-22(30)28-11-10-27/h1-4,6,9,12,14,16-17,20-21,29H,5,7-8,10-11,13,27H2,(H,28,30)/t14?,16-,17+,20+,21+/m1/s1. The summed E-state index contributed by atoms with van der Waals surface area (Å²) in [5.41, 5.74) is 5.84. The summed E-state index contributed by atoms with van der Waals surface area (Å²) < 4.78 is 51.7. The van der Waals surface area contributed by atoms with Crippen molar-refractivity contribution >= 4 is 11.8 Å². The molecule has 1 amide bonds. The Hall–Kier alpha value is -2.52. The molecule has 1 aromatic rings. The highest BCUT2D eigenvalue weighted by Crippen LogP contribution is 2.49. The number of amides is 1. The van der Waals surface area contributed by atoms with Gasteiger partial charge in [0.05, 0.1) is 17.8 Å². The van der Waals surface area contributed by atoms with Gasteiger partial charge in [0.1, 0.15) is 6.61 Å². The van der Waals surface area contributed by atoms with Crippen LogP contribution in [0, 0.1) is 11.8 Å². The van der Waals surface area contributed by atoms with Crippen molar-refractivity contribution in [1.29, 1.82) is 0 Å². The molecule has 4 N–H and O–H groups in total. The first-order valence-corrected chi connectivity index (χ1v) is 10.9. The third-order valence-electron chi connectivity index (χ3n) is 6.31. The lowest BCUT2D eigenvalue weighted by molar-refractivity contribution is -0.138. The number of alkyl halides is 3. The first kappa shape index (κ1) is 22.7. The van der Waals surface area contributed by atoms with Crippen molar-refractivity contribution in [3.05, 3.63) is 53.6 Å². The number of nitrogens with one attached hydrogen (secondary N) is 2. The maximum atomic E-state index is 13.4. The zero-order chi connectivity index (χ0) is 22.7. The smallest absolute Gasteiger partial charge is 0.416 e. The number of alkyl carbamates (subject to hydrolysis) is 1. The van der Waals surface area contributed by atoms with E-state index in [9.17, 15) is 18.0 Å². The monoisotopic (exact) mass is 451 g/mol. The molecular weight excluding hydrogens is 423 g/mol. The van der Waals surface area contributed by atoms with Crippen LogP contribution in [0.4, 0.5) is 23.7 Å². The number of nitrogens with two attached hydrogens (primary N) is 1. The second-order valence-corrected chi connectivity index (χ2v) is 8.42. The SMILES string of the molecule is NCCNC(=O)OC[C@H]1CC[C@@H]2[C@H](O1)c1cc(C(F)(F)F)ccc1N[C@H]2C1C=CC=CC1. The summed E-state index contributed by atoms with van der Waals surface area (Å²) in [6.07, 6.45) is 4.61. The van der Waals surface area contributed by atoms with Crippen LogP contribution in [0.5, 0.6) is 0 Å². The molecule has 5 atom stereocenters. The number of rotatable bonds is 5. The van der Waals surface area contributed by atoms with Gasteiger partial charge in [0.2, 0.25) is 0 Å². The number of ether oxygens (including phenoxy) is 2. The zero-order valence-corrected chi connectivity index (χ0v) is 17.6. The summed E-state index contributed by atoms with van der Waals surface area (Å²) in [4.78, 5) is 11.7. The number of hydrogen-bond donors (Lipinski definition) is 3. The van der Waals surface area contributed by atoms with Crippen LogP contribution in [-0.2, 0) is 15.7 Å². The maximum Gasteiger partial charge on any atom is 0.416 e. The largest absolute Gasteiger partial charge is 0.447 e. The highest BCUT2D eigenvalue weighted by atomic mass is 19.4. The second kappa shape index (κ2) is 9.54. The molecule has 1 saturated heterocycles. The van der Waals surface area contributed by atoms with E-state index in [0.717, 1.165) is 18.9 Å². The number of halogens is 3. The van der Waals surface area contributed by atoms with Crippen molar-refractivity contribution in [2.24, 2.45) is 17.6 Å². The van der Waals surface area contributed by atoms with E-state index in [2.05, 4.69) is 22.8 Å². The third kappa shape index (κ3) is 4.94. The topological polar surface area (TPSA) is 85.6 Å². The molecule has 3 aliphatic rings. The number of allylic oxidation sites excluding steroid dienone is 3. The lowest BCUT2D eigenvalue weighted by Crippen LogP contribution is -2.47. The summed E-state index contributed by atoms with van der Waals surface area (Å²) in [7, 11) is 0. The average molecular weight is 451 g/mol. The van der Waals surface area contributed by atoms with Gasteiger partial charge in [0, 0.05) is 42.2 Å². The molecule has 9 heteroatoms. The van der Waals surface area contributed by atoms with Gasteiger partial charge in [-0.25, -0.2) is 4.79 Å². The molecule has 0 spiro atoms. The van der Waals surface area contributed by atoms with Gasteiger partial charge in [-0.15, -0.1) is 0 Å². The van der Waals surface area contributed by atoms with Gasteiger partial charge >= 0.3 is 12.3 Å². The number of benzene rings is 1. The Bertz CT molecular complexity index is 887. The third-order valence-corrected chi connectivity index (χ3v) is 6.31. The van der Waals surface area contributed by atoms with Gasteiger partial charge in [-0.3, -0.25) is 0 Å². The summed E-state index contributed by atoms with van der Waals surface area (Å²) in [5.74, 6) is 0.232. The van der Waals surface area contributed by atoms with Crippen LogP contribution in [0.1, 0.15) is 36.5 Å². The van der Waals surface area contributed by atoms with Gasteiger partial charge < -0.3 is 25.8 Å². The molecule has 2 aliphatic heterocycles. The molecule has 4 rings (SSSR count). The fourth-order valence-electron chi connectivity index (χ4n) is 4.78. The maximum absolute atomic E-state index is 13.4. The Labute approximate surface area is 185 Å². The molecular formula is C23H28F3N3O3. The summed E-state index contributed by atoms with van der Waals surface area (Å²) in [6.45, 7) is 0.647. The Balaban J connectivity index is 1.56. The zero-order valence-electron chi connectivity index (χ0n) is 17.6. The van der Waals surface area contributed by atoms with Crippen LogP contribution in [0.25, 0.3) is 0 Å². The van der Waals surface area contributed by atoms with Gasteiger partial charge in [0.15, 0.2) is 0 Å². The van der Waals surface area contributed by atoms with Gasteiger partial charge in [-0.1, -0.05) is 24.3 Å². The van der Waals surface area contributed by atoms with E-state index in [1.54, 1.807) is 0 Å². The summed E-state index contributed by atoms with van der Waals surface area (Å²) in [6, 6.07) is 3.82. The number of carbonyl (C=O) groups is 1. The molecule has 0 saturated carbocycles. The van der Waals surface area contributed by atoms with E-state index in [4.69, 9.17) is 15.2 Å². The van der Waals surface area contributed by atoms with E-state index in [0.29, 0.717) is 30.8 Å². The van der Waals surface area contributed by atoms with Crippen LogP contribution in [0.15, 0.2) is 42.5 Å². The van der Waals surface area contributed by atoms with Crippen LogP contribution in [0.3, 0.4) is 0 Å². The molecule has 32 heavy (non-hydrogen) atoms. The van der Waals surface area contributed by atoms with E-state index in [1.165, 1.54) is 12.1 Å². The Morgan fingerprint density at radius 3 is 2.84 bits per heavy atom. The minimum absolute atomic E-state index is 0.00875. The molecule has 2 heterocycles. The highest BCUT2D eigenvalue weighted by Gasteiger charge is 2.45. The molecule has 1 aliphatic carbocycles. The van der Waals surface area contributed by atoms with E-state index >= 15 is 0 Å². The lowest BCUT2D eigenvalue weighted by Gasteiger charge is -2.47. The van der Waals surface area contributed by atoms with Gasteiger partial charge in [-0.2, -0.15) is 13.2 Å². The van der Waals surface area contributed by atoms with E-state index < -0.39 is 23.9 Å². The molecule has 1 aromatic carbocycles.